The molecule has 3 nitrogen and oxygen atoms in total. The Balaban J connectivity index is 1.80. The van der Waals surface area contributed by atoms with Crippen LogP contribution in [0.3, 0.4) is 0 Å². The summed E-state index contributed by atoms with van der Waals surface area (Å²) in [6, 6.07) is 13.8. The van der Waals surface area contributed by atoms with Crippen molar-refractivity contribution < 1.29 is 8.83 Å². The Morgan fingerprint density at radius 1 is 0.889 bits per heavy atom. The van der Waals surface area contributed by atoms with Crippen LogP contribution in [0, 0.1) is 0 Å². The van der Waals surface area contributed by atoms with Crippen molar-refractivity contribution in [3.05, 3.63) is 66.4 Å². The van der Waals surface area contributed by atoms with Gasteiger partial charge in [0.25, 0.3) is 0 Å². The van der Waals surface area contributed by atoms with Gasteiger partial charge in [-0.3, -0.25) is 0 Å². The van der Waals surface area contributed by atoms with Gasteiger partial charge in [0.15, 0.2) is 17.9 Å². The van der Waals surface area contributed by atoms with Crippen LogP contribution in [0.5, 0.6) is 0 Å². The van der Waals surface area contributed by atoms with Crippen molar-refractivity contribution in [1.29, 1.82) is 0 Å². The lowest BCUT2D eigenvalue weighted by atomic mass is 10.2. The molecule has 0 aliphatic carbocycles. The lowest BCUT2D eigenvalue weighted by Gasteiger charge is -1.90. The number of rotatable bonds is 3. The van der Waals surface area contributed by atoms with E-state index in [2.05, 4.69) is 4.98 Å². The summed E-state index contributed by atoms with van der Waals surface area (Å²) in [5, 5.41) is 0. The SMILES string of the molecule is C(=C\c1ccc(-c2cnco2)o1)/c1ccccc1. The van der Waals surface area contributed by atoms with Crippen molar-refractivity contribution in [3.8, 4) is 11.5 Å². The third-order valence-electron chi connectivity index (χ3n) is 2.54. The molecule has 0 unspecified atom stereocenters. The number of benzene rings is 1. The van der Waals surface area contributed by atoms with Crippen LogP contribution in [-0.2, 0) is 0 Å². The topological polar surface area (TPSA) is 39.2 Å². The van der Waals surface area contributed by atoms with Crippen LogP contribution in [0.15, 0.2) is 63.9 Å². The second-order valence-electron chi connectivity index (χ2n) is 3.81. The highest BCUT2D eigenvalue weighted by molar-refractivity contribution is 5.68. The van der Waals surface area contributed by atoms with Crippen LogP contribution in [0.1, 0.15) is 11.3 Å². The second kappa shape index (κ2) is 4.75. The zero-order chi connectivity index (χ0) is 12.2. The molecule has 0 saturated heterocycles. The number of hydrogen-bond acceptors (Lipinski definition) is 3. The Morgan fingerprint density at radius 2 is 1.78 bits per heavy atom. The summed E-state index contributed by atoms with van der Waals surface area (Å²) < 4.78 is 10.8. The van der Waals surface area contributed by atoms with E-state index in [1.165, 1.54) is 6.39 Å². The number of hydrogen-bond donors (Lipinski definition) is 0. The van der Waals surface area contributed by atoms with Crippen LogP contribution in [-0.4, -0.2) is 4.98 Å². The molecule has 3 heteroatoms. The molecule has 0 aliphatic rings. The molecule has 3 rings (SSSR count). The summed E-state index contributed by atoms with van der Waals surface area (Å²) in [5.41, 5.74) is 1.13. The summed E-state index contributed by atoms with van der Waals surface area (Å²) in [4.78, 5) is 3.86. The average Bonchev–Trinajstić information content (AvgIpc) is 3.08. The van der Waals surface area contributed by atoms with Crippen LogP contribution >= 0.6 is 0 Å². The van der Waals surface area contributed by atoms with E-state index >= 15 is 0 Å². The molecular formula is C15H11NO2. The lowest BCUT2D eigenvalue weighted by molar-refractivity contribution is 0.516. The largest absolute Gasteiger partial charge is 0.453 e. The van der Waals surface area contributed by atoms with Crippen molar-refractivity contribution >= 4 is 12.2 Å². The van der Waals surface area contributed by atoms with Gasteiger partial charge in [0, 0.05) is 0 Å². The Morgan fingerprint density at radius 3 is 2.56 bits per heavy atom. The number of nitrogens with zero attached hydrogens (tertiary/aromatic N) is 1. The molecule has 0 fully saturated rings. The highest BCUT2D eigenvalue weighted by Gasteiger charge is 2.05. The third kappa shape index (κ3) is 2.25. The zero-order valence-corrected chi connectivity index (χ0v) is 9.61. The van der Waals surface area contributed by atoms with E-state index in [-0.39, 0.29) is 0 Å². The third-order valence-corrected chi connectivity index (χ3v) is 2.54. The van der Waals surface area contributed by atoms with Crippen LogP contribution in [0.2, 0.25) is 0 Å². The van der Waals surface area contributed by atoms with E-state index in [4.69, 9.17) is 8.83 Å². The number of aromatic nitrogens is 1. The zero-order valence-electron chi connectivity index (χ0n) is 9.61. The van der Waals surface area contributed by atoms with Crippen LogP contribution in [0.4, 0.5) is 0 Å². The van der Waals surface area contributed by atoms with E-state index < -0.39 is 0 Å². The van der Waals surface area contributed by atoms with E-state index in [1.807, 2.05) is 54.6 Å². The molecule has 2 heterocycles. The molecular weight excluding hydrogens is 226 g/mol. The van der Waals surface area contributed by atoms with E-state index in [0.29, 0.717) is 11.5 Å². The molecule has 0 N–H and O–H groups in total. The molecule has 0 aliphatic heterocycles. The van der Waals surface area contributed by atoms with Crippen LogP contribution in [0.25, 0.3) is 23.7 Å². The number of oxazole rings is 1. The van der Waals surface area contributed by atoms with E-state index in [9.17, 15) is 0 Å². The van der Waals surface area contributed by atoms with Gasteiger partial charge in [-0.05, 0) is 23.8 Å². The molecule has 3 aromatic rings. The van der Waals surface area contributed by atoms with Crippen molar-refractivity contribution in [2.24, 2.45) is 0 Å². The molecule has 0 saturated carbocycles. The van der Waals surface area contributed by atoms with Crippen molar-refractivity contribution in [2.45, 2.75) is 0 Å². The molecule has 1 aromatic carbocycles. The molecule has 2 aromatic heterocycles. The molecule has 0 spiro atoms. The first-order valence-corrected chi connectivity index (χ1v) is 5.64. The fourth-order valence-corrected chi connectivity index (χ4v) is 1.65. The minimum atomic E-state index is 0.634. The summed E-state index contributed by atoms with van der Waals surface area (Å²) in [7, 11) is 0. The molecule has 0 atom stereocenters. The van der Waals surface area contributed by atoms with Gasteiger partial charge in [0.1, 0.15) is 5.76 Å². The smallest absolute Gasteiger partial charge is 0.189 e. The van der Waals surface area contributed by atoms with Crippen molar-refractivity contribution in [2.75, 3.05) is 0 Å². The average molecular weight is 237 g/mol. The Kier molecular flexibility index (Phi) is 2.80. The first-order chi connectivity index (χ1) is 8.92. The van der Waals surface area contributed by atoms with Gasteiger partial charge in [-0.1, -0.05) is 36.4 Å². The first kappa shape index (κ1) is 10.6. The minimum absolute atomic E-state index is 0.634. The molecule has 18 heavy (non-hydrogen) atoms. The summed E-state index contributed by atoms with van der Waals surface area (Å²) >= 11 is 0. The Labute approximate surface area is 104 Å². The maximum Gasteiger partial charge on any atom is 0.189 e. The van der Waals surface area contributed by atoms with Crippen molar-refractivity contribution in [3.63, 3.8) is 0 Å². The van der Waals surface area contributed by atoms with Crippen molar-refractivity contribution in [1.82, 2.24) is 4.98 Å². The standard InChI is InChI=1S/C15H11NO2/c1-2-4-12(5-3-1)6-7-13-8-9-14(18-13)15-10-16-11-17-15/h1-11H/b7-6+. The van der Waals surface area contributed by atoms with Gasteiger partial charge in [-0.25, -0.2) is 4.98 Å². The second-order valence-corrected chi connectivity index (χ2v) is 3.81. The van der Waals surface area contributed by atoms with Gasteiger partial charge in [-0.2, -0.15) is 0 Å². The van der Waals surface area contributed by atoms with Gasteiger partial charge >= 0.3 is 0 Å². The summed E-state index contributed by atoms with van der Waals surface area (Å²) in [5.74, 6) is 2.10. The Bertz CT molecular complexity index is 636. The minimum Gasteiger partial charge on any atom is -0.453 e. The van der Waals surface area contributed by atoms with E-state index in [1.54, 1.807) is 6.20 Å². The highest BCUT2D eigenvalue weighted by Crippen LogP contribution is 2.22. The highest BCUT2D eigenvalue weighted by atomic mass is 16.4. The predicted molar refractivity (Wildman–Crippen MR) is 69.6 cm³/mol. The lowest BCUT2D eigenvalue weighted by Crippen LogP contribution is -1.68. The molecule has 88 valence electrons. The monoisotopic (exact) mass is 237 g/mol. The van der Waals surface area contributed by atoms with Crippen LogP contribution < -0.4 is 0 Å². The number of furan rings is 1. The maximum absolute atomic E-state index is 5.63. The summed E-state index contributed by atoms with van der Waals surface area (Å²) in [6.45, 7) is 0. The van der Waals surface area contributed by atoms with Gasteiger partial charge in [-0.15, -0.1) is 0 Å². The van der Waals surface area contributed by atoms with Gasteiger partial charge in [0.05, 0.1) is 6.20 Å². The molecule has 0 bridgehead atoms. The fraction of sp³-hybridized carbons (Fsp3) is 0. The normalized spacial score (nSPS) is 11.1. The molecule has 0 radical (unpaired) electrons. The summed E-state index contributed by atoms with van der Waals surface area (Å²) in [6.07, 6.45) is 6.94. The predicted octanol–water partition coefficient (Wildman–Crippen LogP) is 4.11. The first-order valence-electron chi connectivity index (χ1n) is 5.64. The Hall–Kier alpha value is -2.55. The van der Waals surface area contributed by atoms with E-state index in [0.717, 1.165) is 11.3 Å². The fourth-order valence-electron chi connectivity index (χ4n) is 1.65. The van der Waals surface area contributed by atoms with Gasteiger partial charge < -0.3 is 8.83 Å². The quantitative estimate of drug-likeness (QED) is 0.688. The maximum atomic E-state index is 5.63. The molecule has 0 amide bonds. The van der Waals surface area contributed by atoms with Gasteiger partial charge in [0.2, 0.25) is 0 Å².